The molecule has 1 N–H and O–H groups in total. The maximum atomic E-state index is 12.9. The van der Waals surface area contributed by atoms with Gasteiger partial charge in [0.15, 0.2) is 0 Å². The van der Waals surface area contributed by atoms with Crippen molar-refractivity contribution >= 4 is 34.8 Å². The minimum atomic E-state index is -0.522. The largest absolute Gasteiger partial charge is 0.396 e. The zero-order valence-corrected chi connectivity index (χ0v) is 16.6. The highest BCUT2D eigenvalue weighted by atomic mass is 32.2. The van der Waals surface area contributed by atoms with Gasteiger partial charge in [0.2, 0.25) is 0 Å². The molecule has 1 aliphatic heterocycles. The Morgan fingerprint density at radius 1 is 1.14 bits per heavy atom. The lowest BCUT2D eigenvalue weighted by molar-refractivity contribution is -0.384. The fraction of sp³-hybridized carbons (Fsp3) is 0.474. The smallest absolute Gasteiger partial charge is 0.269 e. The summed E-state index contributed by atoms with van der Waals surface area (Å²) in [6.45, 7) is 3.30. The van der Waals surface area contributed by atoms with Crippen LogP contribution < -0.4 is 0 Å². The summed E-state index contributed by atoms with van der Waals surface area (Å²) < 4.78 is 5.48. The number of imide groups is 1. The third-order valence-electron chi connectivity index (χ3n) is 4.14. The van der Waals surface area contributed by atoms with E-state index in [0.717, 1.165) is 24.6 Å². The number of aliphatic hydroxyl groups excluding tert-OH is 1. The lowest BCUT2D eigenvalue weighted by Crippen LogP contribution is -2.33. The second-order valence-corrected chi connectivity index (χ2v) is 7.27. The predicted octanol–water partition coefficient (Wildman–Crippen LogP) is 2.61. The van der Waals surface area contributed by atoms with E-state index in [0.29, 0.717) is 25.2 Å². The molecule has 0 spiro atoms. The van der Waals surface area contributed by atoms with E-state index in [-0.39, 0.29) is 35.1 Å². The number of carbonyl (C=O) groups is 2. The number of carbonyl (C=O) groups excluding carboxylic acids is 2. The third-order valence-corrected chi connectivity index (χ3v) is 5.20. The number of rotatable bonds is 12. The number of thioether (sulfide) groups is 1. The summed E-state index contributed by atoms with van der Waals surface area (Å²) in [5, 5.41) is 19.9. The van der Waals surface area contributed by atoms with Gasteiger partial charge >= 0.3 is 0 Å². The lowest BCUT2D eigenvalue weighted by Gasteiger charge is -2.15. The number of hydrogen-bond acceptors (Lipinski definition) is 7. The normalized spacial score (nSPS) is 14.3. The van der Waals surface area contributed by atoms with Gasteiger partial charge in [0.05, 0.1) is 22.0 Å². The number of benzene rings is 1. The number of nitro benzene ring substituents is 1. The molecule has 2 amide bonds. The Labute approximate surface area is 167 Å². The van der Waals surface area contributed by atoms with Crippen LogP contribution >= 0.6 is 11.8 Å². The molecule has 1 heterocycles. The minimum Gasteiger partial charge on any atom is -0.396 e. The van der Waals surface area contributed by atoms with Crippen molar-refractivity contribution in [2.24, 2.45) is 0 Å². The zero-order chi connectivity index (χ0) is 20.5. The summed E-state index contributed by atoms with van der Waals surface area (Å²) in [5.74, 6) is -0.545. The van der Waals surface area contributed by atoms with Crippen LogP contribution in [-0.2, 0) is 14.3 Å². The van der Waals surface area contributed by atoms with Crippen LogP contribution in [-0.4, -0.2) is 58.9 Å². The Kier molecular flexibility index (Phi) is 8.62. The van der Waals surface area contributed by atoms with Crippen LogP contribution in [0.1, 0.15) is 31.7 Å². The van der Waals surface area contributed by atoms with Crippen LogP contribution in [0, 0.1) is 10.1 Å². The number of nitro groups is 1. The van der Waals surface area contributed by atoms with Gasteiger partial charge < -0.3 is 9.84 Å². The van der Waals surface area contributed by atoms with Crippen molar-refractivity contribution in [3.8, 4) is 0 Å². The molecule has 0 aromatic heterocycles. The zero-order valence-electron chi connectivity index (χ0n) is 15.8. The Morgan fingerprint density at radius 2 is 1.82 bits per heavy atom. The summed E-state index contributed by atoms with van der Waals surface area (Å²) in [4.78, 5) is 37.4. The lowest BCUT2D eigenvalue weighted by atomic mass is 10.1. The average Bonchev–Trinajstić information content (AvgIpc) is 2.92. The van der Waals surface area contributed by atoms with E-state index in [1.807, 2.05) is 0 Å². The Bertz CT molecular complexity index is 747. The number of unbranched alkanes of at least 4 members (excludes halogenated alkanes) is 1. The quantitative estimate of drug-likeness (QED) is 0.245. The molecule has 152 valence electrons. The standard InChI is InChI=1S/C19H24N2O6S/c1-2-3-11-27-12-4-9-20-18(23)16(17(19(20)24)28-13-10-22)14-5-7-15(8-6-14)21(25)26/h5-8,22H,2-4,9-13H2,1H3. The molecular formula is C19H24N2O6S. The van der Waals surface area contributed by atoms with Gasteiger partial charge in [0.1, 0.15) is 0 Å². The summed E-state index contributed by atoms with van der Waals surface area (Å²) in [7, 11) is 0. The number of non-ortho nitro benzene ring substituents is 1. The number of aliphatic hydroxyl groups is 1. The molecule has 1 aromatic carbocycles. The fourth-order valence-electron chi connectivity index (χ4n) is 2.72. The first kappa shape index (κ1) is 22.1. The van der Waals surface area contributed by atoms with Crippen molar-refractivity contribution in [1.29, 1.82) is 0 Å². The maximum Gasteiger partial charge on any atom is 0.269 e. The molecule has 2 rings (SSSR count). The molecule has 0 radical (unpaired) electrons. The van der Waals surface area contributed by atoms with Gasteiger partial charge in [-0.3, -0.25) is 24.6 Å². The highest BCUT2D eigenvalue weighted by Gasteiger charge is 2.38. The van der Waals surface area contributed by atoms with Crippen LogP contribution in [0.3, 0.4) is 0 Å². The van der Waals surface area contributed by atoms with Crippen LogP contribution in [0.2, 0.25) is 0 Å². The Morgan fingerprint density at radius 3 is 2.43 bits per heavy atom. The molecule has 9 heteroatoms. The van der Waals surface area contributed by atoms with Gasteiger partial charge in [-0.25, -0.2) is 0 Å². The second kappa shape index (κ2) is 10.9. The van der Waals surface area contributed by atoms with Gasteiger partial charge in [-0.05, 0) is 30.5 Å². The number of ether oxygens (including phenoxy) is 1. The Balaban J connectivity index is 2.15. The average molecular weight is 408 g/mol. The number of amides is 2. The number of nitrogens with zero attached hydrogens (tertiary/aromatic N) is 2. The van der Waals surface area contributed by atoms with Crippen molar-refractivity contribution in [3.63, 3.8) is 0 Å². The molecular weight excluding hydrogens is 384 g/mol. The molecule has 8 nitrogen and oxygen atoms in total. The van der Waals surface area contributed by atoms with E-state index in [1.165, 1.54) is 29.2 Å². The van der Waals surface area contributed by atoms with Crippen molar-refractivity contribution in [1.82, 2.24) is 4.90 Å². The van der Waals surface area contributed by atoms with E-state index in [1.54, 1.807) is 0 Å². The number of hydrogen-bond donors (Lipinski definition) is 1. The predicted molar refractivity (Wildman–Crippen MR) is 107 cm³/mol. The van der Waals surface area contributed by atoms with E-state index in [2.05, 4.69) is 6.92 Å². The molecule has 28 heavy (non-hydrogen) atoms. The SMILES string of the molecule is CCCCOCCCN1C(=O)C(SCCO)=C(c2ccc([N+](=O)[O-])cc2)C1=O. The molecule has 0 aliphatic carbocycles. The maximum absolute atomic E-state index is 12.9. The van der Waals surface area contributed by atoms with Gasteiger partial charge in [-0.15, -0.1) is 11.8 Å². The highest BCUT2D eigenvalue weighted by Crippen LogP contribution is 2.36. The first-order valence-electron chi connectivity index (χ1n) is 9.18. The van der Waals surface area contributed by atoms with Crippen molar-refractivity contribution in [3.05, 3.63) is 44.8 Å². The van der Waals surface area contributed by atoms with Gasteiger partial charge in [-0.1, -0.05) is 13.3 Å². The van der Waals surface area contributed by atoms with E-state index in [4.69, 9.17) is 9.84 Å². The van der Waals surface area contributed by atoms with Crippen molar-refractivity contribution in [2.45, 2.75) is 26.2 Å². The van der Waals surface area contributed by atoms with Crippen molar-refractivity contribution in [2.75, 3.05) is 32.1 Å². The monoisotopic (exact) mass is 408 g/mol. The van der Waals surface area contributed by atoms with E-state index in [9.17, 15) is 19.7 Å². The molecule has 0 saturated carbocycles. The summed E-state index contributed by atoms with van der Waals surface area (Å²) in [6, 6.07) is 5.54. The van der Waals surface area contributed by atoms with Crippen molar-refractivity contribution < 1.29 is 24.4 Å². The molecule has 0 saturated heterocycles. The van der Waals surface area contributed by atoms with Crippen LogP contribution in [0.5, 0.6) is 0 Å². The minimum absolute atomic E-state index is 0.0910. The first-order chi connectivity index (χ1) is 13.5. The summed E-state index contributed by atoms with van der Waals surface area (Å²) >= 11 is 1.12. The van der Waals surface area contributed by atoms with Crippen LogP contribution in [0.15, 0.2) is 29.2 Å². The third kappa shape index (κ3) is 5.40. The topological polar surface area (TPSA) is 110 Å². The first-order valence-corrected chi connectivity index (χ1v) is 10.2. The highest BCUT2D eigenvalue weighted by molar-refractivity contribution is 8.04. The molecule has 0 unspecified atom stereocenters. The summed E-state index contributed by atoms with van der Waals surface area (Å²) in [5.41, 5.74) is 0.586. The molecule has 1 aliphatic rings. The van der Waals surface area contributed by atoms with Gasteiger partial charge in [0.25, 0.3) is 17.5 Å². The van der Waals surface area contributed by atoms with E-state index < -0.39 is 16.7 Å². The molecule has 1 aromatic rings. The van der Waals surface area contributed by atoms with Gasteiger partial charge in [0, 0.05) is 37.6 Å². The van der Waals surface area contributed by atoms with Crippen LogP contribution in [0.25, 0.3) is 5.57 Å². The molecule has 0 atom stereocenters. The molecule has 0 bridgehead atoms. The van der Waals surface area contributed by atoms with Crippen LogP contribution in [0.4, 0.5) is 5.69 Å². The Hall–Kier alpha value is -2.23. The summed E-state index contributed by atoms with van der Waals surface area (Å²) in [6.07, 6.45) is 2.54. The second-order valence-electron chi connectivity index (χ2n) is 6.16. The molecule has 0 fully saturated rings. The van der Waals surface area contributed by atoms with E-state index >= 15 is 0 Å². The fourth-order valence-corrected chi connectivity index (χ4v) is 3.59. The van der Waals surface area contributed by atoms with Gasteiger partial charge in [-0.2, -0.15) is 0 Å².